The van der Waals surface area contributed by atoms with Crippen LogP contribution in [0.3, 0.4) is 0 Å². The van der Waals surface area contributed by atoms with E-state index in [1.165, 1.54) is 5.56 Å². The third-order valence-corrected chi connectivity index (χ3v) is 5.25. The Bertz CT molecular complexity index is 712. The fourth-order valence-corrected chi connectivity index (χ4v) is 3.59. The van der Waals surface area contributed by atoms with Gasteiger partial charge < -0.3 is 20.4 Å². The second-order valence-corrected chi connectivity index (χ2v) is 7.17. The topological polar surface area (TPSA) is 65.7 Å². The van der Waals surface area contributed by atoms with Crippen LogP contribution in [0.25, 0.3) is 0 Å². The lowest BCUT2D eigenvalue weighted by Crippen LogP contribution is -2.49. The van der Waals surface area contributed by atoms with Gasteiger partial charge in [-0.3, -0.25) is 4.79 Å². The van der Waals surface area contributed by atoms with E-state index in [9.17, 15) is 4.79 Å². The summed E-state index contributed by atoms with van der Waals surface area (Å²) >= 11 is 0. The fourth-order valence-electron chi connectivity index (χ4n) is 3.59. The van der Waals surface area contributed by atoms with Crippen LogP contribution in [0.5, 0.6) is 0 Å². The Morgan fingerprint density at radius 3 is 2.27 bits per heavy atom. The Kier molecular flexibility index (Phi) is 12.4. The summed E-state index contributed by atoms with van der Waals surface area (Å²) in [5, 5.41) is 0. The van der Waals surface area contributed by atoms with Crippen molar-refractivity contribution in [2.75, 3.05) is 57.3 Å². The first-order valence-electron chi connectivity index (χ1n) is 10.2. The molecule has 1 aliphatic rings. The van der Waals surface area contributed by atoms with Crippen molar-refractivity contribution in [2.45, 2.75) is 12.8 Å². The third kappa shape index (κ3) is 8.11. The van der Waals surface area contributed by atoms with E-state index in [1.54, 1.807) is 0 Å². The molecule has 1 aromatic heterocycles. The SMILES string of the molecule is Cl.Cl.NCCN(CCC(=O)N1CCN(c2ccccn2)CC1)CCc1ccccc1. The van der Waals surface area contributed by atoms with Gasteiger partial charge in [0.1, 0.15) is 5.82 Å². The molecule has 30 heavy (non-hydrogen) atoms. The molecule has 0 bridgehead atoms. The molecule has 1 fully saturated rings. The number of benzene rings is 1. The lowest BCUT2D eigenvalue weighted by molar-refractivity contribution is -0.131. The molecule has 1 aromatic carbocycles. The average Bonchev–Trinajstić information content (AvgIpc) is 2.77. The predicted molar refractivity (Wildman–Crippen MR) is 128 cm³/mol. The van der Waals surface area contributed by atoms with Gasteiger partial charge >= 0.3 is 0 Å². The zero-order valence-corrected chi connectivity index (χ0v) is 19.0. The second kappa shape index (κ2) is 14.2. The summed E-state index contributed by atoms with van der Waals surface area (Å²) in [6.45, 7) is 6.34. The summed E-state index contributed by atoms with van der Waals surface area (Å²) in [4.78, 5) is 23.6. The molecule has 8 heteroatoms. The first-order valence-corrected chi connectivity index (χ1v) is 10.2. The van der Waals surface area contributed by atoms with Crippen LogP contribution >= 0.6 is 24.8 Å². The largest absolute Gasteiger partial charge is 0.353 e. The number of hydrogen-bond acceptors (Lipinski definition) is 5. The lowest BCUT2D eigenvalue weighted by Gasteiger charge is -2.35. The number of pyridine rings is 1. The highest BCUT2D eigenvalue weighted by molar-refractivity contribution is 5.85. The zero-order chi connectivity index (χ0) is 19.6. The van der Waals surface area contributed by atoms with E-state index < -0.39 is 0 Å². The van der Waals surface area contributed by atoms with E-state index in [-0.39, 0.29) is 30.7 Å². The van der Waals surface area contributed by atoms with Crippen molar-refractivity contribution in [2.24, 2.45) is 5.73 Å². The van der Waals surface area contributed by atoms with E-state index in [2.05, 4.69) is 39.0 Å². The first-order chi connectivity index (χ1) is 13.8. The Labute approximate surface area is 192 Å². The van der Waals surface area contributed by atoms with Crippen LogP contribution in [0.2, 0.25) is 0 Å². The minimum absolute atomic E-state index is 0. The van der Waals surface area contributed by atoms with E-state index in [0.717, 1.165) is 58.1 Å². The van der Waals surface area contributed by atoms with Gasteiger partial charge in [0.25, 0.3) is 0 Å². The Morgan fingerprint density at radius 1 is 0.933 bits per heavy atom. The molecule has 2 aromatic rings. The van der Waals surface area contributed by atoms with Crippen molar-refractivity contribution in [1.82, 2.24) is 14.8 Å². The third-order valence-electron chi connectivity index (χ3n) is 5.25. The van der Waals surface area contributed by atoms with Gasteiger partial charge in [0.15, 0.2) is 0 Å². The van der Waals surface area contributed by atoms with Crippen LogP contribution in [0.4, 0.5) is 5.82 Å². The number of anilines is 1. The highest BCUT2D eigenvalue weighted by atomic mass is 35.5. The molecule has 0 saturated carbocycles. The number of aromatic nitrogens is 1. The molecular formula is C22H33Cl2N5O. The maximum atomic E-state index is 12.7. The molecule has 0 atom stereocenters. The molecule has 0 spiro atoms. The van der Waals surface area contributed by atoms with Crippen LogP contribution in [-0.2, 0) is 11.2 Å². The molecule has 1 aliphatic heterocycles. The second-order valence-electron chi connectivity index (χ2n) is 7.17. The maximum Gasteiger partial charge on any atom is 0.223 e. The number of hydrogen-bond donors (Lipinski definition) is 1. The quantitative estimate of drug-likeness (QED) is 0.631. The minimum atomic E-state index is 0. The van der Waals surface area contributed by atoms with E-state index in [4.69, 9.17) is 5.73 Å². The minimum Gasteiger partial charge on any atom is -0.353 e. The van der Waals surface area contributed by atoms with Crippen LogP contribution < -0.4 is 10.6 Å². The maximum absolute atomic E-state index is 12.7. The molecule has 2 N–H and O–H groups in total. The van der Waals surface area contributed by atoms with Crippen molar-refractivity contribution >= 4 is 36.5 Å². The van der Waals surface area contributed by atoms with E-state index >= 15 is 0 Å². The van der Waals surface area contributed by atoms with Gasteiger partial charge in [0.2, 0.25) is 5.91 Å². The normalized spacial score (nSPS) is 13.5. The molecule has 2 heterocycles. The summed E-state index contributed by atoms with van der Waals surface area (Å²) in [7, 11) is 0. The van der Waals surface area contributed by atoms with Gasteiger partial charge in [-0.05, 0) is 24.1 Å². The molecular weight excluding hydrogens is 421 g/mol. The summed E-state index contributed by atoms with van der Waals surface area (Å²) in [5.41, 5.74) is 7.09. The van der Waals surface area contributed by atoms with Crippen molar-refractivity contribution in [3.8, 4) is 0 Å². The molecule has 0 unspecified atom stereocenters. The lowest BCUT2D eigenvalue weighted by atomic mass is 10.1. The van der Waals surface area contributed by atoms with Gasteiger partial charge in [0.05, 0.1) is 0 Å². The van der Waals surface area contributed by atoms with Gasteiger partial charge in [-0.25, -0.2) is 4.98 Å². The van der Waals surface area contributed by atoms with Crippen LogP contribution in [0.1, 0.15) is 12.0 Å². The number of carbonyl (C=O) groups is 1. The number of halogens is 2. The standard InChI is InChI=1S/C22H31N5O.2ClH/c23-11-15-25(13-9-20-6-2-1-3-7-20)14-10-22(28)27-18-16-26(17-19-27)21-8-4-5-12-24-21;;/h1-8,12H,9-11,13-19,23H2;2*1H. The summed E-state index contributed by atoms with van der Waals surface area (Å²) in [6.07, 6.45) is 3.35. The van der Waals surface area contributed by atoms with Gasteiger partial charge in [0, 0.05) is 65.0 Å². The molecule has 0 aliphatic carbocycles. The molecule has 3 rings (SSSR count). The number of nitrogens with zero attached hydrogens (tertiary/aromatic N) is 4. The monoisotopic (exact) mass is 453 g/mol. The highest BCUT2D eigenvalue weighted by Crippen LogP contribution is 2.13. The highest BCUT2D eigenvalue weighted by Gasteiger charge is 2.22. The summed E-state index contributed by atoms with van der Waals surface area (Å²) in [5.74, 6) is 1.23. The van der Waals surface area contributed by atoms with Crippen LogP contribution in [0.15, 0.2) is 54.7 Å². The summed E-state index contributed by atoms with van der Waals surface area (Å²) < 4.78 is 0. The number of rotatable bonds is 9. The molecule has 0 radical (unpaired) electrons. The predicted octanol–water partition coefficient (Wildman–Crippen LogP) is 2.47. The fraction of sp³-hybridized carbons (Fsp3) is 0.455. The average molecular weight is 454 g/mol. The molecule has 6 nitrogen and oxygen atoms in total. The van der Waals surface area contributed by atoms with Crippen LogP contribution in [0, 0.1) is 0 Å². The van der Waals surface area contributed by atoms with E-state index in [1.807, 2.05) is 35.4 Å². The van der Waals surface area contributed by atoms with Crippen molar-refractivity contribution < 1.29 is 4.79 Å². The number of amides is 1. The van der Waals surface area contributed by atoms with Crippen molar-refractivity contribution in [3.63, 3.8) is 0 Å². The molecule has 1 amide bonds. The zero-order valence-electron chi connectivity index (χ0n) is 17.4. The Hall–Kier alpha value is -1.86. The van der Waals surface area contributed by atoms with Crippen LogP contribution in [-0.4, -0.2) is 73.0 Å². The van der Waals surface area contributed by atoms with Gasteiger partial charge in [-0.2, -0.15) is 0 Å². The Morgan fingerprint density at radius 2 is 1.63 bits per heavy atom. The Balaban J connectivity index is 0.00000225. The number of nitrogens with two attached hydrogens (primary N) is 1. The first kappa shape index (κ1) is 26.2. The smallest absolute Gasteiger partial charge is 0.223 e. The van der Waals surface area contributed by atoms with Gasteiger partial charge in [-0.1, -0.05) is 36.4 Å². The van der Waals surface area contributed by atoms with Gasteiger partial charge in [-0.15, -0.1) is 24.8 Å². The number of piperazine rings is 1. The van der Waals surface area contributed by atoms with Crippen molar-refractivity contribution in [1.29, 1.82) is 0 Å². The van der Waals surface area contributed by atoms with E-state index in [0.29, 0.717) is 13.0 Å². The molecule has 166 valence electrons. The van der Waals surface area contributed by atoms with Crippen molar-refractivity contribution in [3.05, 3.63) is 60.3 Å². The number of carbonyl (C=O) groups excluding carboxylic acids is 1. The summed E-state index contributed by atoms with van der Waals surface area (Å²) in [6, 6.07) is 16.4. The molecule has 1 saturated heterocycles.